The summed E-state index contributed by atoms with van der Waals surface area (Å²) in [5.74, 6) is 1.37. The molecule has 0 aromatic carbocycles. The Hall–Kier alpha value is 0.350. The Morgan fingerprint density at radius 1 is 0.500 bits per heavy atom. The Morgan fingerprint density at radius 2 is 0.818 bits per heavy atom. The van der Waals surface area contributed by atoms with E-state index in [9.17, 15) is 0 Å². The van der Waals surface area contributed by atoms with Crippen molar-refractivity contribution in [2.24, 2.45) is 0 Å². The molecule has 0 unspecified atom stereocenters. The number of unbranched alkanes of at least 4 members (excludes halogenated alkanes) is 15. The minimum atomic E-state index is 0.816. The van der Waals surface area contributed by atoms with Gasteiger partial charge in [0.05, 0.1) is 0 Å². The Bertz CT molecular complexity index is 188. The first kappa shape index (κ1) is 22.4. The van der Waals surface area contributed by atoms with Gasteiger partial charge in [0.25, 0.3) is 0 Å². The molecule has 0 fully saturated rings. The van der Waals surface area contributed by atoms with Crippen molar-refractivity contribution in [3.8, 4) is 0 Å². The molecule has 0 saturated carbocycles. The van der Waals surface area contributed by atoms with Crippen LogP contribution in [-0.2, 0) is 0 Å². The van der Waals surface area contributed by atoms with E-state index in [-0.39, 0.29) is 0 Å². The highest BCUT2D eigenvalue weighted by molar-refractivity contribution is 7.99. The van der Waals surface area contributed by atoms with Gasteiger partial charge in [-0.1, -0.05) is 117 Å². The number of hydrogen-bond donors (Lipinski definition) is 0. The molecule has 0 aliphatic rings. The van der Waals surface area contributed by atoms with E-state index in [2.05, 4.69) is 32.5 Å². The quantitative estimate of drug-likeness (QED) is 0.228. The summed E-state index contributed by atoms with van der Waals surface area (Å²) in [7, 11) is 0. The van der Waals surface area contributed by atoms with E-state index in [0.717, 1.165) is 5.25 Å². The molecule has 0 aromatic rings. The van der Waals surface area contributed by atoms with Crippen LogP contribution in [0.5, 0.6) is 0 Å². The lowest BCUT2D eigenvalue weighted by Gasteiger charge is -2.05. The summed E-state index contributed by atoms with van der Waals surface area (Å²) in [5, 5.41) is 0.816. The van der Waals surface area contributed by atoms with Gasteiger partial charge in [-0.25, -0.2) is 0 Å². The highest BCUT2D eigenvalue weighted by Gasteiger charge is 1.96. The smallest absolute Gasteiger partial charge is 0.000968 e. The molecule has 0 saturated heterocycles. The summed E-state index contributed by atoms with van der Waals surface area (Å²) in [6.07, 6.45) is 23.5. The van der Waals surface area contributed by atoms with Gasteiger partial charge in [-0.2, -0.15) is 11.8 Å². The lowest BCUT2D eigenvalue weighted by Crippen LogP contribution is -1.90. The van der Waals surface area contributed by atoms with Crippen LogP contribution in [-0.4, -0.2) is 11.0 Å². The highest BCUT2D eigenvalue weighted by Crippen LogP contribution is 2.15. The zero-order valence-corrected chi connectivity index (χ0v) is 16.8. The largest absolute Gasteiger partial charge is 0.159 e. The van der Waals surface area contributed by atoms with Crippen molar-refractivity contribution in [3.63, 3.8) is 0 Å². The third-order valence-corrected chi connectivity index (χ3v) is 5.64. The second kappa shape index (κ2) is 19.4. The first-order chi connectivity index (χ1) is 10.8. The van der Waals surface area contributed by atoms with E-state index >= 15 is 0 Å². The standard InChI is InChI=1S/C21H44S/c1-4-5-6-7-8-9-10-11-12-13-14-15-16-17-18-19-20-22-21(2)3/h21H,4-20H2,1-3H3. The highest BCUT2D eigenvalue weighted by atomic mass is 32.2. The lowest BCUT2D eigenvalue weighted by atomic mass is 10.0. The van der Waals surface area contributed by atoms with Gasteiger partial charge in [0.2, 0.25) is 0 Å². The van der Waals surface area contributed by atoms with Gasteiger partial charge in [0.1, 0.15) is 0 Å². The van der Waals surface area contributed by atoms with E-state index in [1.807, 2.05) is 0 Å². The molecule has 22 heavy (non-hydrogen) atoms. The minimum absolute atomic E-state index is 0.816. The molecule has 0 aliphatic heterocycles. The maximum Gasteiger partial charge on any atom is -0.000968 e. The molecule has 0 radical (unpaired) electrons. The molecular formula is C21H44S. The molecule has 0 N–H and O–H groups in total. The van der Waals surface area contributed by atoms with Crippen molar-refractivity contribution in [2.45, 2.75) is 129 Å². The number of hydrogen-bond acceptors (Lipinski definition) is 1. The lowest BCUT2D eigenvalue weighted by molar-refractivity contribution is 0.531. The average Bonchev–Trinajstić information content (AvgIpc) is 2.50. The van der Waals surface area contributed by atoms with Crippen LogP contribution >= 0.6 is 11.8 Å². The molecular weight excluding hydrogens is 284 g/mol. The maximum absolute atomic E-state index is 2.30. The van der Waals surface area contributed by atoms with E-state index in [1.54, 1.807) is 0 Å². The minimum Gasteiger partial charge on any atom is -0.159 e. The van der Waals surface area contributed by atoms with Crippen LogP contribution in [0.15, 0.2) is 0 Å². The maximum atomic E-state index is 2.30. The van der Waals surface area contributed by atoms with Gasteiger partial charge < -0.3 is 0 Å². The van der Waals surface area contributed by atoms with E-state index in [0.29, 0.717) is 0 Å². The normalized spacial score (nSPS) is 11.5. The van der Waals surface area contributed by atoms with Crippen molar-refractivity contribution < 1.29 is 0 Å². The predicted molar refractivity (Wildman–Crippen MR) is 107 cm³/mol. The van der Waals surface area contributed by atoms with Crippen LogP contribution in [0, 0.1) is 0 Å². The van der Waals surface area contributed by atoms with Gasteiger partial charge in [-0.15, -0.1) is 0 Å². The average molecular weight is 329 g/mol. The van der Waals surface area contributed by atoms with E-state index < -0.39 is 0 Å². The fraction of sp³-hybridized carbons (Fsp3) is 1.00. The first-order valence-corrected chi connectivity index (χ1v) is 11.4. The SMILES string of the molecule is CCCCCCCCCCCCCCCCCCSC(C)C. The predicted octanol–water partition coefficient (Wildman–Crippen LogP) is 8.39. The second-order valence-corrected chi connectivity index (χ2v) is 8.91. The Kier molecular flexibility index (Phi) is 19.7. The topological polar surface area (TPSA) is 0 Å². The molecule has 0 rings (SSSR count). The zero-order valence-electron chi connectivity index (χ0n) is 16.0. The van der Waals surface area contributed by atoms with Crippen LogP contribution in [0.1, 0.15) is 124 Å². The van der Waals surface area contributed by atoms with Crippen LogP contribution in [0.25, 0.3) is 0 Å². The van der Waals surface area contributed by atoms with Gasteiger partial charge in [-0.3, -0.25) is 0 Å². The first-order valence-electron chi connectivity index (χ1n) is 10.4. The van der Waals surface area contributed by atoms with Crippen molar-refractivity contribution in [2.75, 3.05) is 5.75 Å². The summed E-state index contributed by atoms with van der Waals surface area (Å²) < 4.78 is 0. The Morgan fingerprint density at radius 3 is 1.14 bits per heavy atom. The summed E-state index contributed by atoms with van der Waals surface area (Å²) in [6.45, 7) is 6.90. The van der Waals surface area contributed by atoms with Crippen LogP contribution < -0.4 is 0 Å². The van der Waals surface area contributed by atoms with Crippen LogP contribution in [0.3, 0.4) is 0 Å². The fourth-order valence-corrected chi connectivity index (χ4v) is 3.81. The molecule has 0 aliphatic carbocycles. The molecule has 0 bridgehead atoms. The monoisotopic (exact) mass is 328 g/mol. The summed E-state index contributed by atoms with van der Waals surface area (Å²) >= 11 is 2.12. The summed E-state index contributed by atoms with van der Waals surface area (Å²) in [4.78, 5) is 0. The third-order valence-electron chi connectivity index (χ3n) is 4.45. The van der Waals surface area contributed by atoms with E-state index in [4.69, 9.17) is 0 Å². The zero-order chi connectivity index (χ0) is 16.3. The molecule has 134 valence electrons. The van der Waals surface area contributed by atoms with Crippen molar-refractivity contribution in [1.82, 2.24) is 0 Å². The van der Waals surface area contributed by atoms with E-state index in [1.165, 1.54) is 108 Å². The molecule has 0 amide bonds. The van der Waals surface area contributed by atoms with Crippen LogP contribution in [0.2, 0.25) is 0 Å². The molecule has 0 aromatic heterocycles. The van der Waals surface area contributed by atoms with Crippen molar-refractivity contribution in [3.05, 3.63) is 0 Å². The summed E-state index contributed by atoms with van der Waals surface area (Å²) in [6, 6.07) is 0. The second-order valence-electron chi connectivity index (χ2n) is 7.22. The summed E-state index contributed by atoms with van der Waals surface area (Å²) in [5.41, 5.74) is 0. The van der Waals surface area contributed by atoms with Gasteiger partial charge in [0, 0.05) is 0 Å². The van der Waals surface area contributed by atoms with Crippen LogP contribution in [0.4, 0.5) is 0 Å². The van der Waals surface area contributed by atoms with Gasteiger partial charge >= 0.3 is 0 Å². The fourth-order valence-electron chi connectivity index (χ4n) is 2.97. The Labute approximate surface area is 146 Å². The molecule has 0 heterocycles. The van der Waals surface area contributed by atoms with Gasteiger partial charge in [0.15, 0.2) is 0 Å². The third kappa shape index (κ3) is 20.3. The molecule has 0 nitrogen and oxygen atoms in total. The molecule has 0 spiro atoms. The number of thioether (sulfide) groups is 1. The Balaban J connectivity index is 2.94. The number of rotatable bonds is 18. The van der Waals surface area contributed by atoms with Gasteiger partial charge in [-0.05, 0) is 17.4 Å². The molecule has 0 atom stereocenters. The van der Waals surface area contributed by atoms with Crippen molar-refractivity contribution in [1.29, 1.82) is 0 Å². The molecule has 1 heteroatoms. The van der Waals surface area contributed by atoms with Crippen molar-refractivity contribution >= 4 is 11.8 Å².